The molecule has 1 atom stereocenters. The summed E-state index contributed by atoms with van der Waals surface area (Å²) < 4.78 is 5.55. The molecule has 0 fully saturated rings. The second-order valence-electron chi connectivity index (χ2n) is 3.72. The highest BCUT2D eigenvalue weighted by Crippen LogP contribution is 2.03. The van der Waals surface area contributed by atoms with Crippen molar-refractivity contribution in [1.82, 2.24) is 0 Å². The summed E-state index contributed by atoms with van der Waals surface area (Å²) in [7, 11) is 0. The van der Waals surface area contributed by atoms with Crippen LogP contribution in [0.25, 0.3) is 0 Å². The summed E-state index contributed by atoms with van der Waals surface area (Å²) >= 11 is 0. The molecule has 0 saturated carbocycles. The maximum absolute atomic E-state index is 5.92. The van der Waals surface area contributed by atoms with Crippen LogP contribution in [0.15, 0.2) is 47.7 Å². The second kappa shape index (κ2) is 7.02. The number of hydrogen-bond acceptors (Lipinski definition) is 2. The lowest BCUT2D eigenvalue weighted by Crippen LogP contribution is -2.27. The van der Waals surface area contributed by atoms with E-state index in [4.69, 9.17) is 10.5 Å². The molecule has 1 aromatic carbocycles. The largest absolute Gasteiger partial charge is 0.375 e. The second-order valence-corrected chi connectivity index (χ2v) is 3.72. The summed E-state index contributed by atoms with van der Waals surface area (Å²) in [5.74, 6) is 0. The highest BCUT2D eigenvalue weighted by atomic mass is 16.5. The van der Waals surface area contributed by atoms with Gasteiger partial charge in [0.1, 0.15) is 0 Å². The van der Waals surface area contributed by atoms with E-state index in [-0.39, 0.29) is 6.04 Å². The molecule has 86 valence electrons. The van der Waals surface area contributed by atoms with E-state index in [1.807, 2.05) is 50.3 Å². The van der Waals surface area contributed by atoms with Crippen LogP contribution in [0.4, 0.5) is 0 Å². The fourth-order valence-electron chi connectivity index (χ4n) is 1.34. The Kier molecular flexibility index (Phi) is 5.58. The van der Waals surface area contributed by atoms with Gasteiger partial charge in [-0.3, -0.25) is 0 Å². The summed E-state index contributed by atoms with van der Waals surface area (Å²) in [6, 6.07) is 10.0. The maximum Gasteiger partial charge on any atom is 0.0717 e. The van der Waals surface area contributed by atoms with Crippen LogP contribution in [0.5, 0.6) is 0 Å². The number of ether oxygens (including phenoxy) is 1. The van der Waals surface area contributed by atoms with Gasteiger partial charge in [-0.25, -0.2) is 0 Å². The van der Waals surface area contributed by atoms with Crippen LogP contribution in [0.1, 0.15) is 19.4 Å². The van der Waals surface area contributed by atoms with Crippen molar-refractivity contribution >= 4 is 0 Å². The first-order chi connectivity index (χ1) is 7.74. The number of nitrogens with two attached hydrogens (primary N) is 1. The van der Waals surface area contributed by atoms with Crippen molar-refractivity contribution < 1.29 is 4.74 Å². The van der Waals surface area contributed by atoms with E-state index in [0.29, 0.717) is 13.2 Å². The molecule has 0 spiro atoms. The maximum atomic E-state index is 5.92. The van der Waals surface area contributed by atoms with Gasteiger partial charge in [0.25, 0.3) is 0 Å². The topological polar surface area (TPSA) is 35.2 Å². The first-order valence-corrected chi connectivity index (χ1v) is 5.49. The Hall–Kier alpha value is -1.34. The van der Waals surface area contributed by atoms with E-state index >= 15 is 0 Å². The van der Waals surface area contributed by atoms with Crippen LogP contribution in [0.2, 0.25) is 0 Å². The molecule has 2 N–H and O–H groups in total. The predicted octanol–water partition coefficient (Wildman–Crippen LogP) is 2.65. The minimum Gasteiger partial charge on any atom is -0.375 e. The first-order valence-electron chi connectivity index (χ1n) is 5.49. The van der Waals surface area contributed by atoms with Gasteiger partial charge in [0.05, 0.1) is 19.3 Å². The van der Waals surface area contributed by atoms with Gasteiger partial charge in [-0.1, -0.05) is 30.3 Å². The van der Waals surface area contributed by atoms with Crippen LogP contribution in [-0.4, -0.2) is 12.6 Å². The van der Waals surface area contributed by atoms with Gasteiger partial charge in [0, 0.05) is 0 Å². The minimum atomic E-state index is -0.0695. The van der Waals surface area contributed by atoms with Crippen molar-refractivity contribution in [1.29, 1.82) is 0 Å². The number of rotatable bonds is 5. The van der Waals surface area contributed by atoms with Crippen molar-refractivity contribution in [3.8, 4) is 0 Å². The SMILES string of the molecule is CC=C=C(C)C(N)COCc1ccccc1. The summed E-state index contributed by atoms with van der Waals surface area (Å²) in [6.45, 7) is 5.04. The fraction of sp³-hybridized carbons (Fsp3) is 0.357. The van der Waals surface area contributed by atoms with Crippen LogP contribution >= 0.6 is 0 Å². The van der Waals surface area contributed by atoms with Crippen LogP contribution in [0.3, 0.4) is 0 Å². The third-order valence-corrected chi connectivity index (χ3v) is 2.34. The summed E-state index contributed by atoms with van der Waals surface area (Å²) in [5, 5.41) is 0. The lowest BCUT2D eigenvalue weighted by molar-refractivity contribution is 0.114. The smallest absolute Gasteiger partial charge is 0.0717 e. The molecule has 1 rings (SSSR count). The van der Waals surface area contributed by atoms with E-state index in [9.17, 15) is 0 Å². The number of benzene rings is 1. The van der Waals surface area contributed by atoms with Crippen LogP contribution in [-0.2, 0) is 11.3 Å². The normalized spacial score (nSPS) is 11.7. The quantitative estimate of drug-likeness (QED) is 0.769. The molecule has 0 aliphatic rings. The molecule has 1 aromatic rings. The van der Waals surface area contributed by atoms with E-state index < -0.39 is 0 Å². The molecular weight excluding hydrogens is 198 g/mol. The molecule has 0 aliphatic carbocycles. The Balaban J connectivity index is 2.34. The fourth-order valence-corrected chi connectivity index (χ4v) is 1.34. The highest BCUT2D eigenvalue weighted by molar-refractivity contribution is 5.13. The van der Waals surface area contributed by atoms with Crippen LogP contribution in [0, 0.1) is 0 Å². The first kappa shape index (κ1) is 12.7. The summed E-state index contributed by atoms with van der Waals surface area (Å²) in [6.07, 6.45) is 1.87. The average molecular weight is 217 g/mol. The molecule has 0 saturated heterocycles. The Morgan fingerprint density at radius 1 is 1.44 bits per heavy atom. The Bertz CT molecular complexity index is 364. The molecule has 0 amide bonds. The van der Waals surface area contributed by atoms with Gasteiger partial charge in [-0.05, 0) is 31.1 Å². The van der Waals surface area contributed by atoms with Gasteiger partial charge in [-0.15, -0.1) is 5.73 Å². The lowest BCUT2D eigenvalue weighted by Gasteiger charge is -2.11. The van der Waals surface area contributed by atoms with Gasteiger partial charge in [-0.2, -0.15) is 0 Å². The van der Waals surface area contributed by atoms with Crippen molar-refractivity contribution in [3.05, 3.63) is 53.3 Å². The van der Waals surface area contributed by atoms with E-state index in [2.05, 4.69) is 5.73 Å². The molecule has 1 unspecified atom stereocenters. The van der Waals surface area contributed by atoms with Gasteiger partial charge in [0.2, 0.25) is 0 Å². The third kappa shape index (κ3) is 4.45. The molecule has 16 heavy (non-hydrogen) atoms. The highest BCUT2D eigenvalue weighted by Gasteiger charge is 2.03. The van der Waals surface area contributed by atoms with Gasteiger partial charge < -0.3 is 10.5 Å². The molecular formula is C14H19NO. The Morgan fingerprint density at radius 2 is 2.12 bits per heavy atom. The lowest BCUT2D eigenvalue weighted by atomic mass is 10.1. The average Bonchev–Trinajstić information content (AvgIpc) is 2.30. The van der Waals surface area contributed by atoms with Crippen LogP contribution < -0.4 is 5.73 Å². The monoisotopic (exact) mass is 217 g/mol. The molecule has 0 aliphatic heterocycles. The minimum absolute atomic E-state index is 0.0695. The molecule has 0 heterocycles. The van der Waals surface area contributed by atoms with E-state index in [0.717, 1.165) is 5.57 Å². The van der Waals surface area contributed by atoms with E-state index in [1.54, 1.807) is 0 Å². The zero-order valence-corrected chi connectivity index (χ0v) is 9.94. The van der Waals surface area contributed by atoms with Crippen molar-refractivity contribution in [2.75, 3.05) is 6.61 Å². The van der Waals surface area contributed by atoms with Crippen molar-refractivity contribution in [2.24, 2.45) is 5.73 Å². The van der Waals surface area contributed by atoms with E-state index in [1.165, 1.54) is 5.56 Å². The zero-order chi connectivity index (χ0) is 11.8. The molecule has 2 nitrogen and oxygen atoms in total. The standard InChI is InChI=1S/C14H19NO/c1-3-7-12(2)14(15)11-16-10-13-8-5-4-6-9-13/h3-6,8-9,14H,10-11,15H2,1-2H3. The van der Waals surface area contributed by atoms with Crippen molar-refractivity contribution in [3.63, 3.8) is 0 Å². The van der Waals surface area contributed by atoms with Gasteiger partial charge >= 0.3 is 0 Å². The van der Waals surface area contributed by atoms with Gasteiger partial charge in [0.15, 0.2) is 0 Å². The molecule has 0 radical (unpaired) electrons. The Morgan fingerprint density at radius 3 is 2.75 bits per heavy atom. The molecule has 2 heteroatoms. The third-order valence-electron chi connectivity index (χ3n) is 2.34. The van der Waals surface area contributed by atoms with Crippen molar-refractivity contribution in [2.45, 2.75) is 26.5 Å². The Labute approximate surface area is 97.4 Å². The molecule has 0 aromatic heterocycles. The predicted molar refractivity (Wildman–Crippen MR) is 67.0 cm³/mol. The summed E-state index contributed by atoms with van der Waals surface area (Å²) in [4.78, 5) is 0. The molecule has 0 bridgehead atoms. The zero-order valence-electron chi connectivity index (χ0n) is 9.94. The summed E-state index contributed by atoms with van der Waals surface area (Å²) in [5.41, 5.74) is 11.2. The number of hydrogen-bond donors (Lipinski definition) is 1.